The highest BCUT2D eigenvalue weighted by Gasteiger charge is 2.56. The van der Waals surface area contributed by atoms with Crippen LogP contribution in [0.4, 0.5) is 17.6 Å². The summed E-state index contributed by atoms with van der Waals surface area (Å²) >= 11 is 0. The summed E-state index contributed by atoms with van der Waals surface area (Å²) in [5.74, 6) is -2.38. The quantitative estimate of drug-likeness (QED) is 0.667. The van der Waals surface area contributed by atoms with Gasteiger partial charge in [0.15, 0.2) is 0 Å². The van der Waals surface area contributed by atoms with Gasteiger partial charge >= 0.3 is 6.18 Å². The smallest absolute Gasteiger partial charge is 0.339 e. The SMILES string of the molecule is C[C@H](CC1NNCN1C)C1CC(F)CC(N2CC3C(CCCC3C(F)(F)F)C2=O)C1. The maximum atomic E-state index is 14.7. The maximum Gasteiger partial charge on any atom is 0.392 e. The van der Waals surface area contributed by atoms with Gasteiger partial charge in [-0.3, -0.25) is 9.69 Å². The Labute approximate surface area is 175 Å². The molecule has 7 unspecified atom stereocenters. The summed E-state index contributed by atoms with van der Waals surface area (Å²) in [6, 6.07) is -0.277. The van der Waals surface area contributed by atoms with E-state index in [4.69, 9.17) is 0 Å². The second kappa shape index (κ2) is 8.54. The molecular formula is C21H34F4N4O. The molecule has 9 heteroatoms. The predicted molar refractivity (Wildman–Crippen MR) is 105 cm³/mol. The lowest BCUT2D eigenvalue weighted by Gasteiger charge is -2.40. The molecule has 0 radical (unpaired) electrons. The van der Waals surface area contributed by atoms with Crippen LogP contribution in [0, 0.1) is 29.6 Å². The van der Waals surface area contributed by atoms with Crippen LogP contribution in [0.5, 0.6) is 0 Å². The first kappa shape index (κ1) is 22.3. The van der Waals surface area contributed by atoms with E-state index in [-0.39, 0.29) is 49.3 Å². The molecule has 0 spiro atoms. The zero-order valence-electron chi connectivity index (χ0n) is 17.8. The van der Waals surface area contributed by atoms with Gasteiger partial charge in [0.25, 0.3) is 0 Å². The van der Waals surface area contributed by atoms with Crippen LogP contribution < -0.4 is 10.9 Å². The highest BCUT2D eigenvalue weighted by atomic mass is 19.4. The van der Waals surface area contributed by atoms with E-state index in [0.29, 0.717) is 25.7 Å². The number of carbonyl (C=O) groups is 1. The molecule has 2 saturated carbocycles. The van der Waals surface area contributed by atoms with Crippen LogP contribution >= 0.6 is 0 Å². The monoisotopic (exact) mass is 434 g/mol. The van der Waals surface area contributed by atoms with Gasteiger partial charge in [-0.15, -0.1) is 0 Å². The summed E-state index contributed by atoms with van der Waals surface area (Å²) in [5.41, 5.74) is 6.33. The molecule has 8 atom stereocenters. The van der Waals surface area contributed by atoms with Crippen molar-refractivity contribution in [1.82, 2.24) is 20.7 Å². The molecule has 4 rings (SSSR count). The fourth-order valence-electron chi connectivity index (χ4n) is 6.37. The predicted octanol–water partition coefficient (Wildman–Crippen LogP) is 3.28. The summed E-state index contributed by atoms with van der Waals surface area (Å²) in [7, 11) is 2.02. The highest BCUT2D eigenvalue weighted by molar-refractivity contribution is 5.82. The Hall–Kier alpha value is -0.930. The summed E-state index contributed by atoms with van der Waals surface area (Å²) in [6.45, 7) is 3.02. The number of likely N-dealkylation sites (tertiary alicyclic amines) is 1. The van der Waals surface area contributed by atoms with Crippen molar-refractivity contribution in [3.8, 4) is 0 Å². The van der Waals surface area contributed by atoms with E-state index in [9.17, 15) is 22.4 Å². The minimum Gasteiger partial charge on any atom is -0.339 e. The minimum absolute atomic E-state index is 0.109. The van der Waals surface area contributed by atoms with Gasteiger partial charge in [-0.05, 0) is 63.3 Å². The van der Waals surface area contributed by atoms with E-state index in [0.717, 1.165) is 13.1 Å². The van der Waals surface area contributed by atoms with Gasteiger partial charge < -0.3 is 4.90 Å². The molecule has 4 fully saturated rings. The summed E-state index contributed by atoms with van der Waals surface area (Å²) in [5, 5.41) is 0. The lowest BCUT2D eigenvalue weighted by atomic mass is 9.73. The molecule has 5 nitrogen and oxygen atoms in total. The Bertz CT molecular complexity index is 633. The number of alkyl halides is 4. The minimum atomic E-state index is -4.26. The van der Waals surface area contributed by atoms with E-state index in [1.165, 1.54) is 0 Å². The van der Waals surface area contributed by atoms with Crippen molar-refractivity contribution in [2.45, 2.75) is 76.4 Å². The molecule has 0 aromatic rings. The van der Waals surface area contributed by atoms with Gasteiger partial charge in [-0.25, -0.2) is 15.2 Å². The normalized spacial score (nSPS) is 41.9. The molecule has 4 aliphatic rings. The first-order valence-electron chi connectivity index (χ1n) is 11.3. The van der Waals surface area contributed by atoms with Crippen LogP contribution in [0.15, 0.2) is 0 Å². The van der Waals surface area contributed by atoms with Crippen molar-refractivity contribution < 1.29 is 22.4 Å². The largest absolute Gasteiger partial charge is 0.392 e. The molecule has 2 heterocycles. The number of amides is 1. The number of hydrogen-bond donors (Lipinski definition) is 2. The molecule has 0 aromatic heterocycles. The van der Waals surface area contributed by atoms with E-state index < -0.39 is 30.1 Å². The van der Waals surface area contributed by atoms with Crippen LogP contribution in [0.3, 0.4) is 0 Å². The van der Waals surface area contributed by atoms with Gasteiger partial charge in [0.05, 0.1) is 18.8 Å². The van der Waals surface area contributed by atoms with E-state index in [1.54, 1.807) is 4.90 Å². The topological polar surface area (TPSA) is 47.6 Å². The molecule has 2 aliphatic heterocycles. The molecule has 30 heavy (non-hydrogen) atoms. The summed E-state index contributed by atoms with van der Waals surface area (Å²) in [4.78, 5) is 16.8. The number of fused-ring (bicyclic) bond motifs is 1. The standard InChI is InChI=1S/C21H34F4N4O/c1-12(6-19-27-26-11-28(19)2)13-7-14(22)9-15(8-13)29-10-17-16(20(29)30)4-3-5-18(17)21(23,24)25/h12-19,26-27H,3-11H2,1-2H3/t12-,13?,14?,15?,16?,17?,18?,19?/m1/s1. The Morgan fingerprint density at radius 1 is 1.20 bits per heavy atom. The van der Waals surface area contributed by atoms with Gasteiger partial charge in [-0.2, -0.15) is 13.2 Å². The first-order valence-corrected chi connectivity index (χ1v) is 11.3. The third-order valence-electron chi connectivity index (χ3n) is 8.12. The van der Waals surface area contributed by atoms with Gasteiger partial charge in [-0.1, -0.05) is 13.3 Å². The number of hydrazine groups is 1. The Morgan fingerprint density at radius 2 is 1.97 bits per heavy atom. The summed E-state index contributed by atoms with van der Waals surface area (Å²) in [6.07, 6.45) is -1.72. The molecule has 2 N–H and O–H groups in total. The van der Waals surface area contributed by atoms with E-state index in [1.807, 2.05) is 7.05 Å². The fraction of sp³-hybridized carbons (Fsp3) is 0.952. The lowest BCUT2D eigenvalue weighted by molar-refractivity contribution is -0.198. The average Bonchev–Trinajstić information content (AvgIpc) is 3.23. The zero-order chi connectivity index (χ0) is 21.6. The van der Waals surface area contributed by atoms with Gasteiger partial charge in [0.1, 0.15) is 6.17 Å². The molecule has 172 valence electrons. The molecular weight excluding hydrogens is 400 g/mol. The number of carbonyl (C=O) groups excluding carboxylic acids is 1. The van der Waals surface area contributed by atoms with Crippen molar-refractivity contribution in [3.05, 3.63) is 0 Å². The van der Waals surface area contributed by atoms with Gasteiger partial charge in [0, 0.05) is 18.5 Å². The van der Waals surface area contributed by atoms with Crippen LogP contribution in [0.2, 0.25) is 0 Å². The van der Waals surface area contributed by atoms with Crippen molar-refractivity contribution in [2.75, 3.05) is 20.3 Å². The molecule has 1 amide bonds. The first-order chi connectivity index (χ1) is 14.1. The van der Waals surface area contributed by atoms with Crippen LogP contribution in [-0.4, -0.2) is 60.5 Å². The molecule has 2 saturated heterocycles. The zero-order valence-corrected chi connectivity index (χ0v) is 17.8. The Morgan fingerprint density at radius 3 is 2.63 bits per heavy atom. The van der Waals surface area contributed by atoms with Crippen LogP contribution in [0.25, 0.3) is 0 Å². The second-order valence-corrected chi connectivity index (χ2v) is 10.0. The van der Waals surface area contributed by atoms with Crippen molar-refractivity contribution in [1.29, 1.82) is 0 Å². The lowest BCUT2D eigenvalue weighted by Crippen LogP contribution is -2.45. The van der Waals surface area contributed by atoms with E-state index in [2.05, 4.69) is 22.7 Å². The third-order valence-corrected chi connectivity index (χ3v) is 8.12. The Kier molecular flexibility index (Phi) is 6.34. The Balaban J connectivity index is 1.43. The number of nitrogens with one attached hydrogen (secondary N) is 2. The van der Waals surface area contributed by atoms with Crippen LogP contribution in [0.1, 0.15) is 51.9 Å². The number of nitrogens with zero attached hydrogens (tertiary/aromatic N) is 2. The highest BCUT2D eigenvalue weighted by Crippen LogP contribution is 2.49. The molecule has 0 bridgehead atoms. The fourth-order valence-corrected chi connectivity index (χ4v) is 6.37. The summed E-state index contributed by atoms with van der Waals surface area (Å²) < 4.78 is 55.3. The van der Waals surface area contributed by atoms with Crippen molar-refractivity contribution in [3.63, 3.8) is 0 Å². The number of rotatable bonds is 4. The second-order valence-electron chi connectivity index (χ2n) is 10.0. The maximum absolute atomic E-state index is 14.7. The van der Waals surface area contributed by atoms with Crippen LogP contribution in [-0.2, 0) is 4.79 Å². The van der Waals surface area contributed by atoms with Crippen molar-refractivity contribution >= 4 is 5.91 Å². The number of halogens is 4. The third kappa shape index (κ3) is 4.35. The van der Waals surface area contributed by atoms with Crippen molar-refractivity contribution in [2.24, 2.45) is 29.6 Å². The molecule has 0 aromatic carbocycles. The number of hydrogen-bond acceptors (Lipinski definition) is 4. The van der Waals surface area contributed by atoms with E-state index >= 15 is 0 Å². The molecule has 2 aliphatic carbocycles. The van der Waals surface area contributed by atoms with Gasteiger partial charge in [0.2, 0.25) is 5.91 Å². The average molecular weight is 435 g/mol.